The molecule has 0 radical (unpaired) electrons. The first-order valence-electron chi connectivity index (χ1n) is 7.23. The third-order valence-corrected chi connectivity index (χ3v) is 4.15. The molecule has 0 unspecified atom stereocenters. The molecule has 0 spiro atoms. The Balaban J connectivity index is 2.03. The molecule has 1 heterocycles. The van der Waals surface area contributed by atoms with Gasteiger partial charge in [0.2, 0.25) is 0 Å². The molecule has 3 rings (SSSR count). The predicted molar refractivity (Wildman–Crippen MR) is 87.9 cm³/mol. The molecule has 0 bridgehead atoms. The van der Waals surface area contributed by atoms with Crippen molar-refractivity contribution >= 4 is 34.7 Å². The predicted octanol–water partition coefficient (Wildman–Crippen LogP) is 4.54. The van der Waals surface area contributed by atoms with Gasteiger partial charge in [0.25, 0.3) is 11.8 Å². The number of halogens is 4. The number of anilines is 1. The van der Waals surface area contributed by atoms with E-state index in [-0.39, 0.29) is 16.3 Å². The summed E-state index contributed by atoms with van der Waals surface area (Å²) in [5, 5.41) is -0.314. The molecule has 0 atom stereocenters. The molecule has 2 amide bonds. The molecule has 0 N–H and O–H groups in total. The van der Waals surface area contributed by atoms with Gasteiger partial charge in [0.1, 0.15) is 5.03 Å². The number of carbonyl (C=O) groups excluding carboxylic acids is 2. The number of carbonyl (C=O) groups is 2. The van der Waals surface area contributed by atoms with E-state index in [1.54, 1.807) is 24.3 Å². The van der Waals surface area contributed by atoms with Crippen LogP contribution in [0, 0.1) is 6.92 Å². The van der Waals surface area contributed by atoms with Gasteiger partial charge >= 0.3 is 6.18 Å². The van der Waals surface area contributed by atoms with Gasteiger partial charge in [0, 0.05) is 0 Å². The van der Waals surface area contributed by atoms with Crippen LogP contribution in [0.4, 0.5) is 18.9 Å². The van der Waals surface area contributed by atoms with Crippen LogP contribution in [-0.2, 0) is 15.8 Å². The zero-order valence-electron chi connectivity index (χ0n) is 12.9. The lowest BCUT2D eigenvalue weighted by Crippen LogP contribution is -2.31. The van der Waals surface area contributed by atoms with E-state index in [0.29, 0.717) is 10.5 Å². The molecular formula is C18H11ClF3NO2. The second-order valence-corrected chi connectivity index (χ2v) is 5.93. The topological polar surface area (TPSA) is 37.4 Å². The third-order valence-electron chi connectivity index (χ3n) is 3.80. The smallest absolute Gasteiger partial charge is 0.268 e. The summed E-state index contributed by atoms with van der Waals surface area (Å²) in [5.74, 6) is -1.60. The average molecular weight is 366 g/mol. The number of alkyl halides is 3. The summed E-state index contributed by atoms with van der Waals surface area (Å²) >= 11 is 6.02. The maximum Gasteiger partial charge on any atom is 0.416 e. The Bertz CT molecular complexity index is 901. The molecule has 0 aromatic heterocycles. The molecule has 0 aliphatic carbocycles. The van der Waals surface area contributed by atoms with E-state index in [4.69, 9.17) is 11.6 Å². The third kappa shape index (κ3) is 3.05. The van der Waals surface area contributed by atoms with Crippen LogP contribution in [0.2, 0.25) is 0 Å². The highest BCUT2D eigenvalue weighted by atomic mass is 35.5. The Morgan fingerprint density at radius 2 is 1.60 bits per heavy atom. The lowest BCUT2D eigenvalue weighted by molar-refractivity contribution is -0.137. The molecule has 1 aliphatic heterocycles. The molecule has 0 saturated heterocycles. The van der Waals surface area contributed by atoms with Gasteiger partial charge in [0.05, 0.1) is 16.8 Å². The normalized spacial score (nSPS) is 15.3. The number of hydrogen-bond donors (Lipinski definition) is 0. The van der Waals surface area contributed by atoms with Gasteiger partial charge in [-0.25, -0.2) is 4.90 Å². The van der Waals surface area contributed by atoms with E-state index in [1.165, 1.54) is 6.07 Å². The maximum atomic E-state index is 12.9. The number of hydrogen-bond acceptors (Lipinski definition) is 2. The van der Waals surface area contributed by atoms with E-state index >= 15 is 0 Å². The molecule has 0 fully saturated rings. The molecule has 1 aliphatic rings. The van der Waals surface area contributed by atoms with Crippen molar-refractivity contribution in [1.29, 1.82) is 0 Å². The zero-order valence-corrected chi connectivity index (χ0v) is 13.7. The van der Waals surface area contributed by atoms with Crippen LogP contribution in [0.5, 0.6) is 0 Å². The van der Waals surface area contributed by atoms with Crippen molar-refractivity contribution in [3.63, 3.8) is 0 Å². The van der Waals surface area contributed by atoms with Crippen molar-refractivity contribution in [3.05, 3.63) is 70.3 Å². The Hall–Kier alpha value is -2.60. The van der Waals surface area contributed by atoms with E-state index in [0.717, 1.165) is 23.8 Å². The summed E-state index contributed by atoms with van der Waals surface area (Å²) in [6, 6.07) is 10.8. The Kier molecular flexibility index (Phi) is 4.16. The van der Waals surface area contributed by atoms with E-state index < -0.39 is 23.6 Å². The lowest BCUT2D eigenvalue weighted by Gasteiger charge is -2.16. The molecule has 7 heteroatoms. The molecule has 25 heavy (non-hydrogen) atoms. The van der Waals surface area contributed by atoms with Gasteiger partial charge in [-0.2, -0.15) is 13.2 Å². The first-order valence-corrected chi connectivity index (χ1v) is 7.61. The van der Waals surface area contributed by atoms with Crippen LogP contribution in [0.3, 0.4) is 0 Å². The standard InChI is InChI=1S/C18H11ClF3NO2/c1-10-5-7-11(8-6-10)14-15(19)17(25)23(16(14)24)13-4-2-3-12(9-13)18(20,21)22/h2-9H,1H3. The Morgan fingerprint density at radius 3 is 2.20 bits per heavy atom. The largest absolute Gasteiger partial charge is 0.416 e. The summed E-state index contributed by atoms with van der Waals surface area (Å²) in [5.41, 5.74) is 0.232. The van der Waals surface area contributed by atoms with E-state index in [9.17, 15) is 22.8 Å². The number of benzene rings is 2. The van der Waals surface area contributed by atoms with Gasteiger partial charge < -0.3 is 0 Å². The summed E-state index contributed by atoms with van der Waals surface area (Å²) in [7, 11) is 0. The van der Waals surface area contributed by atoms with E-state index in [1.807, 2.05) is 6.92 Å². The minimum Gasteiger partial charge on any atom is -0.268 e. The quantitative estimate of drug-likeness (QED) is 0.733. The Labute approximate surface area is 146 Å². The second kappa shape index (κ2) is 6.04. The van der Waals surface area contributed by atoms with Gasteiger partial charge in [-0.05, 0) is 30.7 Å². The summed E-state index contributed by atoms with van der Waals surface area (Å²) in [6.45, 7) is 1.86. The van der Waals surface area contributed by atoms with Crippen molar-refractivity contribution < 1.29 is 22.8 Å². The molecular weight excluding hydrogens is 355 g/mol. The van der Waals surface area contributed by atoms with Gasteiger partial charge in [-0.1, -0.05) is 47.5 Å². The minimum absolute atomic E-state index is 0.0240. The first kappa shape index (κ1) is 17.2. The van der Waals surface area contributed by atoms with Crippen molar-refractivity contribution in [2.75, 3.05) is 4.90 Å². The van der Waals surface area contributed by atoms with Crippen molar-refractivity contribution in [3.8, 4) is 0 Å². The molecule has 3 nitrogen and oxygen atoms in total. The number of nitrogens with zero attached hydrogens (tertiary/aromatic N) is 1. The fourth-order valence-corrected chi connectivity index (χ4v) is 2.80. The summed E-state index contributed by atoms with van der Waals surface area (Å²) < 4.78 is 38.6. The summed E-state index contributed by atoms with van der Waals surface area (Å²) in [4.78, 5) is 25.7. The van der Waals surface area contributed by atoms with Crippen LogP contribution in [0.25, 0.3) is 5.57 Å². The highest BCUT2D eigenvalue weighted by Crippen LogP contribution is 2.37. The Morgan fingerprint density at radius 1 is 0.960 bits per heavy atom. The second-order valence-electron chi connectivity index (χ2n) is 5.55. The molecule has 2 aromatic rings. The van der Waals surface area contributed by atoms with Crippen LogP contribution >= 0.6 is 11.6 Å². The first-order chi connectivity index (χ1) is 11.7. The van der Waals surface area contributed by atoms with Crippen LogP contribution < -0.4 is 4.90 Å². The van der Waals surface area contributed by atoms with Gasteiger partial charge in [-0.15, -0.1) is 0 Å². The highest BCUT2D eigenvalue weighted by Gasteiger charge is 2.40. The van der Waals surface area contributed by atoms with Crippen molar-refractivity contribution in [2.45, 2.75) is 13.1 Å². The molecule has 0 saturated carbocycles. The van der Waals surface area contributed by atoms with Crippen molar-refractivity contribution in [1.82, 2.24) is 0 Å². The highest BCUT2D eigenvalue weighted by molar-refractivity contribution is 6.60. The minimum atomic E-state index is -4.58. The van der Waals surface area contributed by atoms with Gasteiger partial charge in [-0.3, -0.25) is 9.59 Å². The number of rotatable bonds is 2. The number of imide groups is 1. The maximum absolute atomic E-state index is 12.9. The van der Waals surface area contributed by atoms with E-state index in [2.05, 4.69) is 0 Å². The fraction of sp³-hybridized carbons (Fsp3) is 0.111. The number of amides is 2. The number of aryl methyl sites for hydroxylation is 1. The lowest BCUT2D eigenvalue weighted by atomic mass is 10.0. The molecule has 2 aromatic carbocycles. The van der Waals surface area contributed by atoms with Crippen LogP contribution in [0.15, 0.2) is 53.6 Å². The average Bonchev–Trinajstić information content (AvgIpc) is 2.78. The zero-order chi connectivity index (χ0) is 18.4. The van der Waals surface area contributed by atoms with Crippen LogP contribution in [-0.4, -0.2) is 11.8 Å². The van der Waals surface area contributed by atoms with Crippen LogP contribution in [0.1, 0.15) is 16.7 Å². The van der Waals surface area contributed by atoms with Crippen molar-refractivity contribution in [2.24, 2.45) is 0 Å². The fourth-order valence-electron chi connectivity index (χ4n) is 2.53. The van der Waals surface area contributed by atoms with Gasteiger partial charge in [0.15, 0.2) is 0 Å². The summed E-state index contributed by atoms with van der Waals surface area (Å²) in [6.07, 6.45) is -4.58. The molecule has 128 valence electrons. The SMILES string of the molecule is Cc1ccc(C2=C(Cl)C(=O)N(c3cccc(C(F)(F)F)c3)C2=O)cc1. The monoisotopic (exact) mass is 365 g/mol.